The van der Waals surface area contributed by atoms with Crippen molar-refractivity contribution in [2.75, 3.05) is 0 Å². The highest BCUT2D eigenvalue weighted by atomic mass is 79.9. The van der Waals surface area contributed by atoms with Crippen LogP contribution in [0.1, 0.15) is 12.5 Å². The molecule has 3 nitrogen and oxygen atoms in total. The number of hydrogen-bond acceptors (Lipinski definition) is 2. The zero-order valence-corrected chi connectivity index (χ0v) is 9.26. The second kappa shape index (κ2) is 3.53. The standard InChI is InChI=1S/C10H9BrN2O/c1-2-6-3-7(11)4-8-10(6)12-5-9(14)13-8/h3-5H,2H2,1H3,(H,13,14). The van der Waals surface area contributed by atoms with Gasteiger partial charge in [0, 0.05) is 4.47 Å². The normalized spacial score (nSPS) is 10.7. The molecule has 0 unspecified atom stereocenters. The van der Waals surface area contributed by atoms with Crippen molar-refractivity contribution in [2.24, 2.45) is 0 Å². The SMILES string of the molecule is CCc1cc(Br)cc2[nH]c(=O)cnc12. The fourth-order valence-electron chi connectivity index (χ4n) is 1.46. The second-order valence-electron chi connectivity index (χ2n) is 3.06. The van der Waals surface area contributed by atoms with Gasteiger partial charge in [-0.05, 0) is 24.1 Å². The molecule has 0 saturated heterocycles. The largest absolute Gasteiger partial charge is 0.319 e. The predicted molar refractivity (Wildman–Crippen MR) is 59.4 cm³/mol. The zero-order valence-electron chi connectivity index (χ0n) is 7.67. The van der Waals surface area contributed by atoms with Gasteiger partial charge in [-0.15, -0.1) is 0 Å². The van der Waals surface area contributed by atoms with Crippen LogP contribution < -0.4 is 5.56 Å². The Balaban J connectivity index is 2.87. The lowest BCUT2D eigenvalue weighted by Gasteiger charge is -2.03. The predicted octanol–water partition coefficient (Wildman–Crippen LogP) is 2.25. The molecule has 2 rings (SSSR count). The molecule has 0 radical (unpaired) electrons. The van der Waals surface area contributed by atoms with Gasteiger partial charge in [-0.1, -0.05) is 22.9 Å². The number of fused-ring (bicyclic) bond motifs is 1. The van der Waals surface area contributed by atoms with Crippen molar-refractivity contribution >= 4 is 27.0 Å². The van der Waals surface area contributed by atoms with Crippen molar-refractivity contribution in [2.45, 2.75) is 13.3 Å². The average molecular weight is 253 g/mol. The average Bonchev–Trinajstić information content (AvgIpc) is 2.15. The van der Waals surface area contributed by atoms with Gasteiger partial charge in [0.05, 0.1) is 17.2 Å². The Morgan fingerprint density at radius 1 is 1.50 bits per heavy atom. The summed E-state index contributed by atoms with van der Waals surface area (Å²) in [6.45, 7) is 2.06. The third-order valence-corrected chi connectivity index (χ3v) is 2.56. The number of aromatic amines is 1. The third-order valence-electron chi connectivity index (χ3n) is 2.10. The molecule has 0 saturated carbocycles. The smallest absolute Gasteiger partial charge is 0.266 e. The van der Waals surface area contributed by atoms with Crippen LogP contribution in [0.25, 0.3) is 11.0 Å². The van der Waals surface area contributed by atoms with Crippen molar-refractivity contribution < 1.29 is 0 Å². The van der Waals surface area contributed by atoms with Gasteiger partial charge >= 0.3 is 0 Å². The highest BCUT2D eigenvalue weighted by molar-refractivity contribution is 9.10. The van der Waals surface area contributed by atoms with Crippen LogP contribution in [-0.4, -0.2) is 9.97 Å². The monoisotopic (exact) mass is 252 g/mol. The molecular weight excluding hydrogens is 244 g/mol. The Bertz CT molecular complexity index is 533. The minimum absolute atomic E-state index is 0.169. The van der Waals surface area contributed by atoms with Crippen LogP contribution in [0, 0.1) is 0 Å². The van der Waals surface area contributed by atoms with E-state index in [1.165, 1.54) is 6.20 Å². The molecular formula is C10H9BrN2O. The van der Waals surface area contributed by atoms with Crippen LogP contribution >= 0.6 is 15.9 Å². The molecule has 4 heteroatoms. The Morgan fingerprint density at radius 2 is 2.29 bits per heavy atom. The van der Waals surface area contributed by atoms with Gasteiger partial charge in [0.15, 0.2) is 0 Å². The highest BCUT2D eigenvalue weighted by Gasteiger charge is 2.03. The molecule has 14 heavy (non-hydrogen) atoms. The van der Waals surface area contributed by atoms with E-state index in [0.29, 0.717) is 0 Å². The molecule has 1 N–H and O–H groups in total. The first-order valence-electron chi connectivity index (χ1n) is 4.38. The molecule has 0 bridgehead atoms. The van der Waals surface area contributed by atoms with E-state index in [9.17, 15) is 4.79 Å². The molecule has 0 aliphatic carbocycles. The molecule has 1 aromatic heterocycles. The van der Waals surface area contributed by atoms with E-state index in [2.05, 4.69) is 32.8 Å². The minimum Gasteiger partial charge on any atom is -0.319 e. The van der Waals surface area contributed by atoms with Crippen molar-refractivity contribution in [3.05, 3.63) is 38.7 Å². The number of H-pyrrole nitrogens is 1. The fourth-order valence-corrected chi connectivity index (χ4v) is 1.97. The van der Waals surface area contributed by atoms with E-state index < -0.39 is 0 Å². The summed E-state index contributed by atoms with van der Waals surface area (Å²) in [4.78, 5) is 17.9. The molecule has 0 aliphatic heterocycles. The van der Waals surface area contributed by atoms with E-state index in [4.69, 9.17) is 0 Å². The molecule has 1 aromatic carbocycles. The van der Waals surface area contributed by atoms with Gasteiger partial charge in [0.2, 0.25) is 0 Å². The maximum absolute atomic E-state index is 11.1. The van der Waals surface area contributed by atoms with E-state index in [-0.39, 0.29) is 5.56 Å². The molecule has 0 fully saturated rings. The van der Waals surface area contributed by atoms with E-state index >= 15 is 0 Å². The van der Waals surface area contributed by atoms with Crippen LogP contribution in [0.4, 0.5) is 0 Å². The van der Waals surface area contributed by atoms with Crippen LogP contribution in [-0.2, 0) is 6.42 Å². The van der Waals surface area contributed by atoms with Gasteiger partial charge in [0.25, 0.3) is 5.56 Å². The summed E-state index contributed by atoms with van der Waals surface area (Å²) < 4.78 is 0.963. The topological polar surface area (TPSA) is 45.8 Å². The number of nitrogens with zero attached hydrogens (tertiary/aromatic N) is 1. The van der Waals surface area contributed by atoms with Gasteiger partial charge < -0.3 is 4.98 Å². The first kappa shape index (κ1) is 9.40. The maximum Gasteiger partial charge on any atom is 0.266 e. The number of aromatic nitrogens is 2. The highest BCUT2D eigenvalue weighted by Crippen LogP contribution is 2.20. The van der Waals surface area contributed by atoms with Gasteiger partial charge in [-0.25, -0.2) is 4.98 Å². The summed E-state index contributed by atoms with van der Waals surface area (Å²) in [6.07, 6.45) is 2.21. The van der Waals surface area contributed by atoms with E-state index in [1.807, 2.05) is 12.1 Å². The van der Waals surface area contributed by atoms with Gasteiger partial charge in [0.1, 0.15) is 0 Å². The van der Waals surface area contributed by atoms with Gasteiger partial charge in [-0.3, -0.25) is 4.79 Å². The van der Waals surface area contributed by atoms with Crippen molar-refractivity contribution in [3.63, 3.8) is 0 Å². The maximum atomic E-state index is 11.1. The molecule has 0 spiro atoms. The zero-order chi connectivity index (χ0) is 10.1. The number of halogens is 1. The molecule has 0 atom stereocenters. The summed E-state index contributed by atoms with van der Waals surface area (Å²) in [5.41, 5.74) is 2.61. The van der Waals surface area contributed by atoms with E-state index in [1.54, 1.807) is 0 Å². The number of nitrogens with one attached hydrogen (secondary N) is 1. The number of rotatable bonds is 1. The summed E-state index contributed by atoms with van der Waals surface area (Å²) in [5.74, 6) is 0. The van der Waals surface area contributed by atoms with Crippen LogP contribution in [0.2, 0.25) is 0 Å². The van der Waals surface area contributed by atoms with Crippen molar-refractivity contribution in [1.82, 2.24) is 9.97 Å². The summed E-state index contributed by atoms with van der Waals surface area (Å²) in [7, 11) is 0. The number of aryl methyl sites for hydroxylation is 1. The van der Waals surface area contributed by atoms with Crippen LogP contribution in [0.3, 0.4) is 0 Å². The quantitative estimate of drug-likeness (QED) is 0.847. The van der Waals surface area contributed by atoms with Crippen LogP contribution in [0.5, 0.6) is 0 Å². The molecule has 72 valence electrons. The Labute approximate surface area is 89.3 Å². The third kappa shape index (κ3) is 1.57. The molecule has 0 amide bonds. The van der Waals surface area contributed by atoms with E-state index in [0.717, 1.165) is 27.5 Å². The fraction of sp³-hybridized carbons (Fsp3) is 0.200. The minimum atomic E-state index is -0.169. The molecule has 0 aliphatic rings. The number of benzene rings is 1. The van der Waals surface area contributed by atoms with Crippen molar-refractivity contribution in [3.8, 4) is 0 Å². The first-order chi connectivity index (χ1) is 6.70. The lowest BCUT2D eigenvalue weighted by molar-refractivity contribution is 1.12. The summed E-state index contributed by atoms with van der Waals surface area (Å²) in [6, 6.07) is 3.89. The summed E-state index contributed by atoms with van der Waals surface area (Å²) >= 11 is 3.40. The first-order valence-corrected chi connectivity index (χ1v) is 5.17. The number of hydrogen-bond donors (Lipinski definition) is 1. The molecule has 1 heterocycles. The van der Waals surface area contributed by atoms with Crippen molar-refractivity contribution in [1.29, 1.82) is 0 Å². The Morgan fingerprint density at radius 3 is 3.00 bits per heavy atom. The summed E-state index contributed by atoms with van der Waals surface area (Å²) in [5, 5.41) is 0. The Kier molecular flexibility index (Phi) is 2.37. The lowest BCUT2D eigenvalue weighted by Crippen LogP contribution is -2.05. The van der Waals surface area contributed by atoms with Crippen LogP contribution in [0.15, 0.2) is 27.6 Å². The lowest BCUT2D eigenvalue weighted by atomic mass is 10.1. The Hall–Kier alpha value is -1.16. The van der Waals surface area contributed by atoms with Gasteiger partial charge in [-0.2, -0.15) is 0 Å². The second-order valence-corrected chi connectivity index (χ2v) is 3.98. The molecule has 2 aromatic rings.